The fourth-order valence-electron chi connectivity index (χ4n) is 3.72. The van der Waals surface area contributed by atoms with Crippen molar-refractivity contribution in [3.63, 3.8) is 0 Å². The van der Waals surface area contributed by atoms with Gasteiger partial charge in [0, 0.05) is 30.2 Å². The predicted molar refractivity (Wildman–Crippen MR) is 133 cm³/mol. The Labute approximate surface area is 194 Å². The normalized spacial score (nSPS) is 10.8. The SMILES string of the molecule is CCN(CC(=O)Nc1ccc(NC(C)=O)cc1)CC(=O)N(CC)c1cccc2ccccc12. The van der Waals surface area contributed by atoms with E-state index in [4.69, 9.17) is 0 Å². The summed E-state index contributed by atoms with van der Waals surface area (Å²) in [5.41, 5.74) is 2.16. The van der Waals surface area contributed by atoms with Crippen molar-refractivity contribution in [2.45, 2.75) is 20.8 Å². The van der Waals surface area contributed by atoms with Gasteiger partial charge < -0.3 is 15.5 Å². The van der Waals surface area contributed by atoms with E-state index in [1.54, 1.807) is 29.2 Å². The van der Waals surface area contributed by atoms with Crippen molar-refractivity contribution in [3.8, 4) is 0 Å². The molecule has 0 atom stereocenters. The molecule has 0 aliphatic heterocycles. The van der Waals surface area contributed by atoms with Crippen LogP contribution in [0.25, 0.3) is 10.8 Å². The maximum absolute atomic E-state index is 13.2. The number of anilines is 3. The van der Waals surface area contributed by atoms with Crippen molar-refractivity contribution >= 4 is 45.6 Å². The first kappa shape index (κ1) is 23.9. The lowest BCUT2D eigenvalue weighted by atomic mass is 10.1. The van der Waals surface area contributed by atoms with E-state index in [1.165, 1.54) is 6.92 Å². The number of hydrogen-bond acceptors (Lipinski definition) is 4. The van der Waals surface area contributed by atoms with Crippen LogP contribution in [-0.4, -0.2) is 48.8 Å². The Bertz CT molecular complexity index is 1120. The molecule has 0 saturated carbocycles. The van der Waals surface area contributed by atoms with Crippen molar-refractivity contribution < 1.29 is 14.4 Å². The maximum Gasteiger partial charge on any atom is 0.241 e. The van der Waals surface area contributed by atoms with E-state index in [0.717, 1.165) is 16.5 Å². The molecule has 3 aromatic rings. The average molecular weight is 447 g/mol. The van der Waals surface area contributed by atoms with Crippen molar-refractivity contribution in [2.24, 2.45) is 0 Å². The topological polar surface area (TPSA) is 81.8 Å². The highest BCUT2D eigenvalue weighted by molar-refractivity contribution is 6.04. The summed E-state index contributed by atoms with van der Waals surface area (Å²) in [4.78, 5) is 40.4. The van der Waals surface area contributed by atoms with E-state index in [9.17, 15) is 14.4 Å². The Kier molecular flexibility index (Phi) is 8.16. The molecular formula is C26H30N4O3. The number of amides is 3. The molecule has 172 valence electrons. The summed E-state index contributed by atoms with van der Waals surface area (Å²) >= 11 is 0. The Hall–Kier alpha value is -3.71. The van der Waals surface area contributed by atoms with Crippen molar-refractivity contribution in [1.29, 1.82) is 0 Å². The molecule has 2 N–H and O–H groups in total. The molecule has 0 unspecified atom stereocenters. The lowest BCUT2D eigenvalue weighted by Gasteiger charge is -2.26. The van der Waals surface area contributed by atoms with Gasteiger partial charge in [0.05, 0.1) is 18.8 Å². The maximum atomic E-state index is 13.2. The van der Waals surface area contributed by atoms with Crippen LogP contribution >= 0.6 is 0 Å². The molecule has 0 bridgehead atoms. The van der Waals surface area contributed by atoms with Crippen LogP contribution in [0.15, 0.2) is 66.7 Å². The molecule has 0 aliphatic rings. The molecular weight excluding hydrogens is 416 g/mol. The first-order valence-electron chi connectivity index (χ1n) is 11.1. The van der Waals surface area contributed by atoms with Gasteiger partial charge in [-0.2, -0.15) is 0 Å². The molecule has 0 heterocycles. The highest BCUT2D eigenvalue weighted by Crippen LogP contribution is 2.26. The number of likely N-dealkylation sites (N-methyl/N-ethyl adjacent to an activating group) is 2. The predicted octanol–water partition coefficient (Wildman–Crippen LogP) is 4.11. The van der Waals surface area contributed by atoms with Gasteiger partial charge in [0.25, 0.3) is 0 Å². The minimum atomic E-state index is -0.204. The molecule has 3 aromatic carbocycles. The fraction of sp³-hybridized carbons (Fsp3) is 0.269. The van der Waals surface area contributed by atoms with Crippen LogP contribution in [0.2, 0.25) is 0 Å². The molecule has 3 amide bonds. The van der Waals surface area contributed by atoms with E-state index in [2.05, 4.69) is 10.6 Å². The summed E-state index contributed by atoms with van der Waals surface area (Å²) in [6.07, 6.45) is 0. The third-order valence-corrected chi connectivity index (χ3v) is 5.34. The summed E-state index contributed by atoms with van der Waals surface area (Å²) in [7, 11) is 0. The number of fused-ring (bicyclic) bond motifs is 1. The minimum absolute atomic E-state index is 0.0526. The van der Waals surface area contributed by atoms with Crippen LogP contribution in [0.1, 0.15) is 20.8 Å². The van der Waals surface area contributed by atoms with E-state index >= 15 is 0 Å². The Balaban J connectivity index is 1.63. The lowest BCUT2D eigenvalue weighted by Crippen LogP contribution is -2.43. The first-order chi connectivity index (χ1) is 15.9. The Morgan fingerprint density at radius 3 is 2.03 bits per heavy atom. The molecule has 7 nitrogen and oxygen atoms in total. The largest absolute Gasteiger partial charge is 0.326 e. The zero-order valence-corrected chi connectivity index (χ0v) is 19.3. The van der Waals surface area contributed by atoms with Crippen molar-refractivity contribution in [3.05, 3.63) is 66.7 Å². The molecule has 0 aromatic heterocycles. The Morgan fingerprint density at radius 2 is 1.39 bits per heavy atom. The number of nitrogens with one attached hydrogen (secondary N) is 2. The zero-order chi connectivity index (χ0) is 23.8. The van der Waals surface area contributed by atoms with E-state index in [0.29, 0.717) is 24.5 Å². The molecule has 33 heavy (non-hydrogen) atoms. The van der Waals surface area contributed by atoms with Gasteiger partial charge in [-0.1, -0.05) is 43.3 Å². The van der Waals surface area contributed by atoms with Gasteiger partial charge in [0.15, 0.2) is 0 Å². The second-order valence-corrected chi connectivity index (χ2v) is 7.75. The van der Waals surface area contributed by atoms with Crippen LogP contribution < -0.4 is 15.5 Å². The highest BCUT2D eigenvalue weighted by Gasteiger charge is 2.20. The summed E-state index contributed by atoms with van der Waals surface area (Å²) < 4.78 is 0. The van der Waals surface area contributed by atoms with Crippen LogP contribution in [0.4, 0.5) is 17.1 Å². The lowest BCUT2D eigenvalue weighted by molar-refractivity contribution is -0.121. The standard InChI is InChI=1S/C26H30N4O3/c1-4-29(17-25(32)28-22-15-13-21(14-16-22)27-19(3)31)18-26(33)30(5-2)24-12-8-10-20-9-6-7-11-23(20)24/h6-16H,4-5,17-18H2,1-3H3,(H,27,31)(H,28,32). The molecule has 0 spiro atoms. The summed E-state index contributed by atoms with van der Waals surface area (Å²) in [5.74, 6) is -0.409. The van der Waals surface area contributed by atoms with Crippen LogP contribution in [-0.2, 0) is 14.4 Å². The van der Waals surface area contributed by atoms with Gasteiger partial charge in [-0.25, -0.2) is 0 Å². The zero-order valence-electron chi connectivity index (χ0n) is 19.3. The van der Waals surface area contributed by atoms with Crippen LogP contribution in [0, 0.1) is 0 Å². The number of rotatable bonds is 9. The van der Waals surface area contributed by atoms with E-state index < -0.39 is 0 Å². The number of benzene rings is 3. The summed E-state index contributed by atoms with van der Waals surface area (Å²) in [6.45, 7) is 6.66. The molecule has 0 saturated heterocycles. The fourth-order valence-corrected chi connectivity index (χ4v) is 3.72. The van der Waals surface area contributed by atoms with Crippen LogP contribution in [0.3, 0.4) is 0 Å². The smallest absolute Gasteiger partial charge is 0.241 e. The van der Waals surface area contributed by atoms with Gasteiger partial charge in [0.2, 0.25) is 17.7 Å². The monoisotopic (exact) mass is 446 g/mol. The number of carbonyl (C=O) groups is 3. The first-order valence-corrected chi connectivity index (χ1v) is 11.1. The van der Waals surface area contributed by atoms with Crippen molar-refractivity contribution in [1.82, 2.24) is 4.90 Å². The number of nitrogens with zero attached hydrogens (tertiary/aromatic N) is 2. The van der Waals surface area contributed by atoms with Gasteiger partial charge in [0.1, 0.15) is 0 Å². The quantitative estimate of drug-likeness (QED) is 0.518. The molecule has 0 fully saturated rings. The minimum Gasteiger partial charge on any atom is -0.326 e. The Morgan fingerprint density at radius 1 is 0.758 bits per heavy atom. The molecule has 0 radical (unpaired) electrons. The van der Waals surface area contributed by atoms with Gasteiger partial charge >= 0.3 is 0 Å². The third kappa shape index (κ3) is 6.40. The third-order valence-electron chi connectivity index (χ3n) is 5.34. The van der Waals surface area contributed by atoms with Crippen molar-refractivity contribution in [2.75, 3.05) is 41.7 Å². The highest BCUT2D eigenvalue weighted by atomic mass is 16.2. The van der Waals surface area contributed by atoms with Crippen LogP contribution in [0.5, 0.6) is 0 Å². The second kappa shape index (κ2) is 11.2. The molecule has 3 rings (SSSR count). The molecule has 0 aliphatic carbocycles. The van der Waals surface area contributed by atoms with E-state index in [-0.39, 0.29) is 30.8 Å². The molecule has 7 heteroatoms. The van der Waals surface area contributed by atoms with Gasteiger partial charge in [-0.15, -0.1) is 0 Å². The average Bonchev–Trinajstić information content (AvgIpc) is 2.80. The summed E-state index contributed by atoms with van der Waals surface area (Å²) in [6, 6.07) is 20.8. The van der Waals surface area contributed by atoms with Gasteiger partial charge in [-0.3, -0.25) is 19.3 Å². The number of hydrogen-bond donors (Lipinski definition) is 2. The van der Waals surface area contributed by atoms with E-state index in [1.807, 2.05) is 61.2 Å². The summed E-state index contributed by atoms with van der Waals surface area (Å²) in [5, 5.41) is 7.64. The second-order valence-electron chi connectivity index (χ2n) is 7.75. The van der Waals surface area contributed by atoms with Gasteiger partial charge in [-0.05, 0) is 49.2 Å². The number of carbonyl (C=O) groups excluding carboxylic acids is 3.